The Bertz CT molecular complexity index is 257. The second kappa shape index (κ2) is 4.96. The van der Waals surface area contributed by atoms with Gasteiger partial charge < -0.3 is 0 Å². The SMILES string of the molecule is CC[C@H](C)Cc1cc(I)sc1Br. The molecule has 0 amide bonds. The topological polar surface area (TPSA) is 0 Å². The predicted octanol–water partition coefficient (Wildman–Crippen LogP) is 4.70. The first-order valence-corrected chi connectivity index (χ1v) is 6.76. The van der Waals surface area contributed by atoms with Gasteiger partial charge in [-0.15, -0.1) is 11.3 Å². The molecule has 3 heteroatoms. The van der Waals surface area contributed by atoms with Gasteiger partial charge in [0.25, 0.3) is 0 Å². The van der Waals surface area contributed by atoms with Crippen LogP contribution in [0.4, 0.5) is 0 Å². The molecule has 1 aromatic heterocycles. The Morgan fingerprint density at radius 1 is 1.67 bits per heavy atom. The lowest BCUT2D eigenvalue weighted by atomic mass is 10.0. The first-order chi connectivity index (χ1) is 5.63. The van der Waals surface area contributed by atoms with Crippen molar-refractivity contribution in [3.05, 3.63) is 18.3 Å². The molecule has 0 aliphatic rings. The van der Waals surface area contributed by atoms with Crippen LogP contribution in [0.2, 0.25) is 0 Å². The summed E-state index contributed by atoms with van der Waals surface area (Å²) in [5, 5.41) is 0. The van der Waals surface area contributed by atoms with Crippen molar-refractivity contribution in [2.24, 2.45) is 5.92 Å². The highest BCUT2D eigenvalue weighted by molar-refractivity contribution is 14.1. The van der Waals surface area contributed by atoms with Crippen LogP contribution in [0, 0.1) is 8.80 Å². The maximum atomic E-state index is 3.59. The predicted molar refractivity (Wildman–Crippen MR) is 67.9 cm³/mol. The minimum Gasteiger partial charge on any atom is -0.122 e. The molecular formula is C9H12BrIS. The van der Waals surface area contributed by atoms with E-state index in [0.717, 1.165) is 5.92 Å². The number of hydrogen-bond acceptors (Lipinski definition) is 1. The van der Waals surface area contributed by atoms with E-state index in [1.54, 1.807) is 0 Å². The molecule has 1 aromatic rings. The van der Waals surface area contributed by atoms with Crippen molar-refractivity contribution < 1.29 is 0 Å². The van der Waals surface area contributed by atoms with E-state index in [-0.39, 0.29) is 0 Å². The van der Waals surface area contributed by atoms with Gasteiger partial charge in [-0.1, -0.05) is 20.3 Å². The highest BCUT2D eigenvalue weighted by atomic mass is 127. The van der Waals surface area contributed by atoms with E-state index in [2.05, 4.69) is 58.4 Å². The van der Waals surface area contributed by atoms with Gasteiger partial charge in [0.2, 0.25) is 0 Å². The number of thiophene rings is 1. The monoisotopic (exact) mass is 358 g/mol. The van der Waals surface area contributed by atoms with Crippen LogP contribution in [0.5, 0.6) is 0 Å². The molecule has 0 unspecified atom stereocenters. The first kappa shape index (κ1) is 11.0. The molecule has 0 aliphatic carbocycles. The van der Waals surface area contributed by atoms with Gasteiger partial charge in [0.05, 0.1) is 6.67 Å². The lowest BCUT2D eigenvalue weighted by Gasteiger charge is -2.05. The quantitative estimate of drug-likeness (QED) is 0.687. The summed E-state index contributed by atoms with van der Waals surface area (Å²) in [5.41, 5.74) is 1.47. The lowest BCUT2D eigenvalue weighted by Crippen LogP contribution is -1.96. The minimum atomic E-state index is 0.798. The Hall–Kier alpha value is 0.910. The highest BCUT2D eigenvalue weighted by Gasteiger charge is 2.07. The zero-order chi connectivity index (χ0) is 9.14. The second-order valence-corrected chi connectivity index (χ2v) is 7.33. The normalized spacial score (nSPS) is 13.3. The summed E-state index contributed by atoms with van der Waals surface area (Å²) in [6.07, 6.45) is 2.47. The molecule has 12 heavy (non-hydrogen) atoms. The minimum absolute atomic E-state index is 0.798. The molecule has 0 radical (unpaired) electrons. The lowest BCUT2D eigenvalue weighted by molar-refractivity contribution is 0.560. The molecule has 0 fully saturated rings. The fraction of sp³-hybridized carbons (Fsp3) is 0.556. The molecule has 0 saturated heterocycles. The van der Waals surface area contributed by atoms with Crippen LogP contribution in [-0.2, 0) is 6.42 Å². The van der Waals surface area contributed by atoms with Crippen molar-refractivity contribution in [2.45, 2.75) is 26.7 Å². The Balaban J connectivity index is 2.68. The van der Waals surface area contributed by atoms with Crippen molar-refractivity contribution in [3.63, 3.8) is 0 Å². The summed E-state index contributed by atoms with van der Waals surface area (Å²) >= 11 is 7.79. The Labute approximate surface area is 100 Å². The zero-order valence-electron chi connectivity index (χ0n) is 7.23. The van der Waals surface area contributed by atoms with E-state index in [1.807, 2.05) is 11.3 Å². The van der Waals surface area contributed by atoms with Gasteiger partial charge in [-0.25, -0.2) is 0 Å². The molecule has 1 rings (SSSR count). The standard InChI is InChI=1S/C9H12BrIS/c1-3-6(2)4-7-5-8(11)12-9(7)10/h5-6H,3-4H2,1-2H3/t6-/m0/s1. The Morgan fingerprint density at radius 2 is 2.33 bits per heavy atom. The van der Waals surface area contributed by atoms with Crippen LogP contribution in [0.25, 0.3) is 0 Å². The molecular weight excluding hydrogens is 347 g/mol. The van der Waals surface area contributed by atoms with Gasteiger partial charge in [-0.2, -0.15) is 0 Å². The van der Waals surface area contributed by atoms with E-state index >= 15 is 0 Å². The molecule has 1 atom stereocenters. The maximum Gasteiger partial charge on any atom is 0.0741 e. The van der Waals surface area contributed by atoms with Crippen LogP contribution >= 0.6 is 49.9 Å². The third-order valence-electron chi connectivity index (χ3n) is 1.99. The summed E-state index contributed by atoms with van der Waals surface area (Å²) in [5.74, 6) is 0.798. The largest absolute Gasteiger partial charge is 0.122 e. The summed E-state index contributed by atoms with van der Waals surface area (Å²) in [6, 6.07) is 2.28. The summed E-state index contributed by atoms with van der Waals surface area (Å²) in [7, 11) is 0. The van der Waals surface area contributed by atoms with Gasteiger partial charge in [-0.3, -0.25) is 0 Å². The summed E-state index contributed by atoms with van der Waals surface area (Å²) in [6.45, 7) is 4.55. The van der Waals surface area contributed by atoms with E-state index in [4.69, 9.17) is 0 Å². The molecule has 0 N–H and O–H groups in total. The average Bonchev–Trinajstić information content (AvgIpc) is 2.30. The molecule has 0 aliphatic heterocycles. The van der Waals surface area contributed by atoms with Crippen LogP contribution in [0.1, 0.15) is 25.8 Å². The molecule has 0 saturated carbocycles. The number of hydrogen-bond donors (Lipinski definition) is 0. The third kappa shape index (κ3) is 3.00. The van der Waals surface area contributed by atoms with Crippen molar-refractivity contribution in [2.75, 3.05) is 0 Å². The Kier molecular flexibility index (Phi) is 4.54. The molecule has 1 heterocycles. The Morgan fingerprint density at radius 3 is 2.75 bits per heavy atom. The van der Waals surface area contributed by atoms with Gasteiger partial charge in [-0.05, 0) is 62.5 Å². The van der Waals surface area contributed by atoms with Crippen molar-refractivity contribution in [1.82, 2.24) is 0 Å². The fourth-order valence-corrected chi connectivity index (χ4v) is 4.42. The van der Waals surface area contributed by atoms with Crippen molar-refractivity contribution >= 4 is 49.9 Å². The van der Waals surface area contributed by atoms with Crippen LogP contribution < -0.4 is 0 Å². The molecule has 0 aromatic carbocycles. The van der Waals surface area contributed by atoms with E-state index in [0.29, 0.717) is 0 Å². The number of rotatable bonds is 3. The maximum absolute atomic E-state index is 3.59. The highest BCUT2D eigenvalue weighted by Crippen LogP contribution is 2.31. The second-order valence-electron chi connectivity index (χ2n) is 3.07. The van der Waals surface area contributed by atoms with E-state index in [9.17, 15) is 0 Å². The average molecular weight is 359 g/mol. The first-order valence-electron chi connectivity index (χ1n) is 4.07. The third-order valence-corrected chi connectivity index (χ3v) is 4.71. The molecule has 0 bridgehead atoms. The molecule has 0 spiro atoms. The van der Waals surface area contributed by atoms with Gasteiger partial charge >= 0.3 is 0 Å². The smallest absolute Gasteiger partial charge is 0.0741 e. The molecule has 0 nitrogen and oxygen atoms in total. The van der Waals surface area contributed by atoms with E-state index < -0.39 is 0 Å². The summed E-state index contributed by atoms with van der Waals surface area (Å²) < 4.78 is 2.69. The number of halogens is 2. The van der Waals surface area contributed by atoms with Gasteiger partial charge in [0, 0.05) is 0 Å². The van der Waals surface area contributed by atoms with E-state index in [1.165, 1.54) is 25.1 Å². The fourth-order valence-electron chi connectivity index (χ4n) is 1.03. The van der Waals surface area contributed by atoms with Crippen molar-refractivity contribution in [1.29, 1.82) is 0 Å². The van der Waals surface area contributed by atoms with Crippen LogP contribution in [0.15, 0.2) is 9.85 Å². The zero-order valence-corrected chi connectivity index (χ0v) is 11.8. The van der Waals surface area contributed by atoms with Crippen LogP contribution in [-0.4, -0.2) is 0 Å². The summed E-state index contributed by atoms with van der Waals surface area (Å²) in [4.78, 5) is 0. The van der Waals surface area contributed by atoms with Gasteiger partial charge in [0.15, 0.2) is 0 Å². The van der Waals surface area contributed by atoms with Gasteiger partial charge in [0.1, 0.15) is 0 Å². The van der Waals surface area contributed by atoms with Crippen LogP contribution in [0.3, 0.4) is 0 Å². The molecule has 68 valence electrons. The van der Waals surface area contributed by atoms with Crippen molar-refractivity contribution in [3.8, 4) is 0 Å².